The summed E-state index contributed by atoms with van der Waals surface area (Å²) >= 11 is 0. The lowest BCUT2D eigenvalue weighted by Gasteiger charge is -2.11. The summed E-state index contributed by atoms with van der Waals surface area (Å²) in [5.41, 5.74) is 9.78. The molecule has 0 aliphatic carbocycles. The summed E-state index contributed by atoms with van der Waals surface area (Å²) in [4.78, 5) is 16.2. The lowest BCUT2D eigenvalue weighted by Crippen LogP contribution is -2.34. The SMILES string of the molecule is CCOC(=O)C(N)Cc1ccc(Nc2nc3ccccc3n2C)cc1. The summed E-state index contributed by atoms with van der Waals surface area (Å²) < 4.78 is 6.95. The van der Waals surface area contributed by atoms with Crippen LogP contribution in [0.25, 0.3) is 11.0 Å². The Morgan fingerprint density at radius 1 is 1.24 bits per heavy atom. The number of carbonyl (C=O) groups is 1. The monoisotopic (exact) mass is 338 g/mol. The zero-order valence-electron chi connectivity index (χ0n) is 14.4. The molecule has 0 bridgehead atoms. The maximum Gasteiger partial charge on any atom is 0.323 e. The molecule has 130 valence electrons. The molecule has 3 aromatic rings. The normalized spacial score (nSPS) is 12.1. The number of benzene rings is 2. The van der Waals surface area contributed by atoms with E-state index in [2.05, 4.69) is 10.3 Å². The molecule has 0 radical (unpaired) electrons. The van der Waals surface area contributed by atoms with E-state index in [4.69, 9.17) is 10.5 Å². The van der Waals surface area contributed by atoms with E-state index in [-0.39, 0.29) is 5.97 Å². The Hall–Kier alpha value is -2.86. The van der Waals surface area contributed by atoms with Crippen LogP contribution in [0, 0.1) is 0 Å². The molecule has 0 aliphatic rings. The first-order valence-corrected chi connectivity index (χ1v) is 8.28. The van der Waals surface area contributed by atoms with Crippen molar-refractivity contribution in [2.75, 3.05) is 11.9 Å². The quantitative estimate of drug-likeness (QED) is 0.675. The van der Waals surface area contributed by atoms with Crippen molar-refractivity contribution in [1.29, 1.82) is 0 Å². The third-order valence-electron chi connectivity index (χ3n) is 4.04. The molecule has 1 unspecified atom stereocenters. The number of nitrogens with two attached hydrogens (primary N) is 1. The number of nitrogens with one attached hydrogen (secondary N) is 1. The lowest BCUT2D eigenvalue weighted by atomic mass is 10.1. The van der Waals surface area contributed by atoms with E-state index in [0.29, 0.717) is 13.0 Å². The largest absolute Gasteiger partial charge is 0.465 e. The third-order valence-corrected chi connectivity index (χ3v) is 4.04. The van der Waals surface area contributed by atoms with Crippen molar-refractivity contribution in [2.24, 2.45) is 12.8 Å². The van der Waals surface area contributed by atoms with Gasteiger partial charge in [-0.05, 0) is 43.2 Å². The Morgan fingerprint density at radius 2 is 1.96 bits per heavy atom. The van der Waals surface area contributed by atoms with Crippen molar-refractivity contribution in [3.05, 3.63) is 54.1 Å². The summed E-state index contributed by atoms with van der Waals surface area (Å²) in [5, 5.41) is 3.31. The van der Waals surface area contributed by atoms with Gasteiger partial charge in [-0.2, -0.15) is 0 Å². The van der Waals surface area contributed by atoms with Crippen molar-refractivity contribution in [1.82, 2.24) is 9.55 Å². The second kappa shape index (κ2) is 7.36. The van der Waals surface area contributed by atoms with E-state index in [1.165, 1.54) is 0 Å². The van der Waals surface area contributed by atoms with Gasteiger partial charge in [0.05, 0.1) is 17.6 Å². The maximum absolute atomic E-state index is 11.6. The van der Waals surface area contributed by atoms with Gasteiger partial charge in [-0.1, -0.05) is 24.3 Å². The van der Waals surface area contributed by atoms with Gasteiger partial charge in [-0.25, -0.2) is 4.98 Å². The van der Waals surface area contributed by atoms with E-state index < -0.39 is 6.04 Å². The fraction of sp³-hybridized carbons (Fsp3) is 0.263. The number of para-hydroxylation sites is 2. The van der Waals surface area contributed by atoms with Gasteiger partial charge in [0.1, 0.15) is 6.04 Å². The molecule has 0 saturated heterocycles. The molecule has 3 rings (SSSR count). The standard InChI is InChI=1S/C19H22N4O2/c1-3-25-18(24)15(20)12-13-8-10-14(11-9-13)21-19-22-16-6-4-5-7-17(16)23(19)2/h4-11,15H,3,12,20H2,1-2H3,(H,21,22). The van der Waals surface area contributed by atoms with Gasteiger partial charge < -0.3 is 20.4 Å². The molecule has 6 heteroatoms. The number of anilines is 2. The Labute approximate surface area is 146 Å². The average Bonchev–Trinajstić information content (AvgIpc) is 2.93. The van der Waals surface area contributed by atoms with E-state index in [1.54, 1.807) is 6.92 Å². The molecule has 3 N–H and O–H groups in total. The fourth-order valence-electron chi connectivity index (χ4n) is 2.70. The van der Waals surface area contributed by atoms with Crippen molar-refractivity contribution < 1.29 is 9.53 Å². The van der Waals surface area contributed by atoms with E-state index in [0.717, 1.165) is 28.2 Å². The van der Waals surface area contributed by atoms with Crippen LogP contribution in [0.3, 0.4) is 0 Å². The van der Waals surface area contributed by atoms with E-state index in [1.807, 2.05) is 60.1 Å². The van der Waals surface area contributed by atoms with Crippen LogP contribution >= 0.6 is 0 Å². The van der Waals surface area contributed by atoms with Gasteiger partial charge >= 0.3 is 5.97 Å². The van der Waals surface area contributed by atoms with Gasteiger partial charge in [0.25, 0.3) is 0 Å². The number of esters is 1. The molecule has 0 saturated carbocycles. The average molecular weight is 338 g/mol. The molecule has 1 heterocycles. The van der Waals surface area contributed by atoms with Crippen LogP contribution in [0.2, 0.25) is 0 Å². The number of aryl methyl sites for hydroxylation is 1. The van der Waals surface area contributed by atoms with Crippen LogP contribution in [0.5, 0.6) is 0 Å². The molecule has 1 atom stereocenters. The lowest BCUT2D eigenvalue weighted by molar-refractivity contribution is -0.144. The Balaban J connectivity index is 1.70. The van der Waals surface area contributed by atoms with Gasteiger partial charge in [-0.15, -0.1) is 0 Å². The minimum atomic E-state index is -0.640. The zero-order chi connectivity index (χ0) is 17.8. The second-order valence-electron chi connectivity index (χ2n) is 5.87. The molecular formula is C19H22N4O2. The topological polar surface area (TPSA) is 82.2 Å². The first-order valence-electron chi connectivity index (χ1n) is 8.28. The highest BCUT2D eigenvalue weighted by atomic mass is 16.5. The molecule has 6 nitrogen and oxygen atoms in total. The van der Waals surface area contributed by atoms with E-state index in [9.17, 15) is 4.79 Å². The van der Waals surface area contributed by atoms with Crippen LogP contribution in [0.1, 0.15) is 12.5 Å². The molecule has 1 aromatic heterocycles. The molecule has 2 aromatic carbocycles. The summed E-state index contributed by atoms with van der Waals surface area (Å²) in [6.07, 6.45) is 0.450. The van der Waals surface area contributed by atoms with Crippen molar-refractivity contribution in [3.63, 3.8) is 0 Å². The second-order valence-corrected chi connectivity index (χ2v) is 5.87. The Kier molecular flexibility index (Phi) is 5.00. The minimum absolute atomic E-state index is 0.341. The predicted molar refractivity (Wildman–Crippen MR) is 98.8 cm³/mol. The highest BCUT2D eigenvalue weighted by Crippen LogP contribution is 2.21. The summed E-state index contributed by atoms with van der Waals surface area (Å²) in [6, 6.07) is 15.1. The number of hydrogen-bond acceptors (Lipinski definition) is 5. The number of hydrogen-bond donors (Lipinski definition) is 2. The number of aromatic nitrogens is 2. The Bertz CT molecular complexity index is 871. The number of ether oxygens (including phenoxy) is 1. The number of rotatable bonds is 6. The smallest absolute Gasteiger partial charge is 0.323 e. The van der Waals surface area contributed by atoms with Crippen molar-refractivity contribution in [2.45, 2.75) is 19.4 Å². The number of nitrogens with zero attached hydrogens (tertiary/aromatic N) is 2. The molecule has 0 amide bonds. The maximum atomic E-state index is 11.6. The fourth-order valence-corrected chi connectivity index (χ4v) is 2.70. The van der Waals surface area contributed by atoms with Crippen LogP contribution in [0.15, 0.2) is 48.5 Å². The predicted octanol–water partition coefficient (Wildman–Crippen LogP) is 2.75. The first-order chi connectivity index (χ1) is 12.1. The highest BCUT2D eigenvalue weighted by molar-refractivity contribution is 5.79. The summed E-state index contributed by atoms with van der Waals surface area (Å²) in [7, 11) is 1.98. The molecule has 0 aliphatic heterocycles. The van der Waals surface area contributed by atoms with Crippen LogP contribution in [-0.2, 0) is 23.0 Å². The Morgan fingerprint density at radius 3 is 2.64 bits per heavy atom. The van der Waals surface area contributed by atoms with Crippen LogP contribution in [0.4, 0.5) is 11.6 Å². The van der Waals surface area contributed by atoms with Crippen molar-refractivity contribution >= 4 is 28.6 Å². The van der Waals surface area contributed by atoms with Crippen LogP contribution in [-0.4, -0.2) is 28.2 Å². The van der Waals surface area contributed by atoms with E-state index >= 15 is 0 Å². The summed E-state index contributed by atoms with van der Waals surface area (Å²) in [6.45, 7) is 2.11. The zero-order valence-corrected chi connectivity index (χ0v) is 14.4. The molecule has 0 spiro atoms. The first kappa shape index (κ1) is 17.0. The highest BCUT2D eigenvalue weighted by Gasteiger charge is 2.15. The number of imidazole rings is 1. The van der Waals surface area contributed by atoms with Crippen molar-refractivity contribution in [3.8, 4) is 0 Å². The summed E-state index contributed by atoms with van der Waals surface area (Å²) in [5.74, 6) is 0.404. The van der Waals surface area contributed by atoms with Gasteiger partial charge in [0, 0.05) is 12.7 Å². The number of carbonyl (C=O) groups excluding carboxylic acids is 1. The number of fused-ring (bicyclic) bond motifs is 1. The van der Waals surface area contributed by atoms with Gasteiger partial charge in [0.15, 0.2) is 0 Å². The third kappa shape index (κ3) is 3.80. The minimum Gasteiger partial charge on any atom is -0.465 e. The van der Waals surface area contributed by atoms with Gasteiger partial charge in [-0.3, -0.25) is 4.79 Å². The molecule has 0 fully saturated rings. The molecular weight excluding hydrogens is 316 g/mol. The molecule has 25 heavy (non-hydrogen) atoms. The van der Waals surface area contributed by atoms with Gasteiger partial charge in [0.2, 0.25) is 5.95 Å². The van der Waals surface area contributed by atoms with Crippen LogP contribution < -0.4 is 11.1 Å².